The maximum Gasteiger partial charge on any atom is 0.326 e. The fourth-order valence-electron chi connectivity index (χ4n) is 3.48. The van der Waals surface area contributed by atoms with Gasteiger partial charge in [0.2, 0.25) is 0 Å². The van der Waals surface area contributed by atoms with Crippen LogP contribution in [0.1, 0.15) is 59.3 Å². The SMILES string of the molecule is CC1CC(C)CC(OC(=O)C2(C)CCCCN2)C1. The van der Waals surface area contributed by atoms with E-state index >= 15 is 0 Å². The molecule has 18 heavy (non-hydrogen) atoms. The van der Waals surface area contributed by atoms with E-state index in [0.29, 0.717) is 11.8 Å². The van der Waals surface area contributed by atoms with E-state index in [1.807, 2.05) is 6.92 Å². The molecule has 2 aliphatic rings. The number of hydrogen-bond donors (Lipinski definition) is 1. The minimum atomic E-state index is -0.442. The Morgan fingerprint density at radius 3 is 2.39 bits per heavy atom. The van der Waals surface area contributed by atoms with Crippen LogP contribution in [0.5, 0.6) is 0 Å². The largest absolute Gasteiger partial charge is 0.461 e. The van der Waals surface area contributed by atoms with Crippen LogP contribution in [0, 0.1) is 11.8 Å². The van der Waals surface area contributed by atoms with Gasteiger partial charge in [0.15, 0.2) is 0 Å². The van der Waals surface area contributed by atoms with E-state index < -0.39 is 5.54 Å². The zero-order valence-corrected chi connectivity index (χ0v) is 12.0. The van der Waals surface area contributed by atoms with E-state index in [1.165, 1.54) is 12.8 Å². The van der Waals surface area contributed by atoms with Crippen LogP contribution in [0.3, 0.4) is 0 Å². The molecule has 2 fully saturated rings. The number of carbonyl (C=O) groups excluding carboxylic acids is 1. The van der Waals surface area contributed by atoms with Gasteiger partial charge in [-0.1, -0.05) is 13.8 Å². The number of piperidine rings is 1. The summed E-state index contributed by atoms with van der Waals surface area (Å²) in [6.07, 6.45) is 6.67. The highest BCUT2D eigenvalue weighted by atomic mass is 16.5. The molecule has 3 nitrogen and oxygen atoms in total. The number of nitrogens with one attached hydrogen (secondary N) is 1. The Kier molecular flexibility index (Phi) is 4.31. The van der Waals surface area contributed by atoms with Crippen LogP contribution in [0.15, 0.2) is 0 Å². The smallest absolute Gasteiger partial charge is 0.326 e. The Morgan fingerprint density at radius 1 is 1.17 bits per heavy atom. The first-order valence-electron chi connectivity index (χ1n) is 7.46. The van der Waals surface area contributed by atoms with E-state index in [0.717, 1.165) is 32.2 Å². The maximum atomic E-state index is 12.3. The summed E-state index contributed by atoms with van der Waals surface area (Å²) in [4.78, 5) is 12.3. The summed E-state index contributed by atoms with van der Waals surface area (Å²) in [6, 6.07) is 0. The predicted octanol–water partition coefficient (Wildman–Crippen LogP) is 2.89. The molecule has 3 unspecified atom stereocenters. The van der Waals surface area contributed by atoms with Gasteiger partial charge in [0.25, 0.3) is 0 Å². The molecule has 1 heterocycles. The molecule has 0 aromatic rings. The normalized spacial score (nSPS) is 41.4. The average Bonchev–Trinajstić information content (AvgIpc) is 2.28. The molecule has 3 atom stereocenters. The molecule has 104 valence electrons. The van der Waals surface area contributed by atoms with E-state index in [2.05, 4.69) is 19.2 Å². The third-order valence-corrected chi connectivity index (χ3v) is 4.48. The summed E-state index contributed by atoms with van der Waals surface area (Å²) in [5.41, 5.74) is -0.442. The lowest BCUT2D eigenvalue weighted by molar-refractivity contribution is -0.160. The zero-order chi connectivity index (χ0) is 13.2. The third-order valence-electron chi connectivity index (χ3n) is 4.48. The van der Waals surface area contributed by atoms with Gasteiger partial charge in [-0.2, -0.15) is 0 Å². The molecule has 1 aliphatic carbocycles. The fraction of sp³-hybridized carbons (Fsp3) is 0.933. The topological polar surface area (TPSA) is 38.3 Å². The second-order valence-electron chi connectivity index (χ2n) is 6.66. The van der Waals surface area contributed by atoms with Gasteiger partial charge in [-0.05, 0) is 63.8 Å². The van der Waals surface area contributed by atoms with Crippen LogP contribution in [-0.4, -0.2) is 24.2 Å². The van der Waals surface area contributed by atoms with Gasteiger partial charge in [-0.25, -0.2) is 0 Å². The summed E-state index contributed by atoms with van der Waals surface area (Å²) in [7, 11) is 0. The van der Waals surface area contributed by atoms with E-state index in [4.69, 9.17) is 4.74 Å². The van der Waals surface area contributed by atoms with Crippen molar-refractivity contribution in [3.05, 3.63) is 0 Å². The lowest BCUT2D eigenvalue weighted by Crippen LogP contribution is -2.54. The molecule has 1 aliphatic heterocycles. The van der Waals surface area contributed by atoms with E-state index in [1.54, 1.807) is 0 Å². The molecule has 0 aromatic heterocycles. The summed E-state index contributed by atoms with van der Waals surface area (Å²) in [5.74, 6) is 1.32. The van der Waals surface area contributed by atoms with Crippen molar-refractivity contribution in [3.8, 4) is 0 Å². The lowest BCUT2D eigenvalue weighted by Gasteiger charge is -2.36. The molecule has 0 spiro atoms. The van der Waals surface area contributed by atoms with Crippen LogP contribution in [-0.2, 0) is 9.53 Å². The van der Waals surface area contributed by atoms with Crippen LogP contribution in [0.4, 0.5) is 0 Å². The quantitative estimate of drug-likeness (QED) is 0.769. The highest BCUT2D eigenvalue weighted by molar-refractivity contribution is 5.80. The first-order valence-corrected chi connectivity index (χ1v) is 7.46. The minimum Gasteiger partial charge on any atom is -0.461 e. The number of carbonyl (C=O) groups is 1. The van der Waals surface area contributed by atoms with Crippen molar-refractivity contribution in [1.29, 1.82) is 0 Å². The molecule has 0 amide bonds. The second kappa shape index (κ2) is 5.60. The summed E-state index contributed by atoms with van der Waals surface area (Å²) in [5, 5.41) is 3.33. The van der Waals surface area contributed by atoms with Crippen LogP contribution in [0.2, 0.25) is 0 Å². The van der Waals surface area contributed by atoms with Crippen LogP contribution < -0.4 is 5.32 Å². The average molecular weight is 253 g/mol. The van der Waals surface area contributed by atoms with E-state index in [9.17, 15) is 4.79 Å². The molecule has 1 saturated heterocycles. The minimum absolute atomic E-state index is 0.0338. The van der Waals surface area contributed by atoms with Gasteiger partial charge in [0.1, 0.15) is 11.6 Å². The van der Waals surface area contributed by atoms with Crippen LogP contribution in [0.25, 0.3) is 0 Å². The highest BCUT2D eigenvalue weighted by Gasteiger charge is 2.38. The number of rotatable bonds is 2. The highest BCUT2D eigenvalue weighted by Crippen LogP contribution is 2.31. The standard InChI is InChI=1S/C15H27NO2/c1-11-8-12(2)10-13(9-11)18-14(17)15(3)6-4-5-7-16-15/h11-13,16H,4-10H2,1-3H3. The fourth-order valence-corrected chi connectivity index (χ4v) is 3.48. The Bertz CT molecular complexity index is 287. The molecule has 1 N–H and O–H groups in total. The summed E-state index contributed by atoms with van der Waals surface area (Å²) in [6.45, 7) is 7.45. The van der Waals surface area contributed by atoms with Gasteiger partial charge >= 0.3 is 5.97 Å². The number of ether oxygens (including phenoxy) is 1. The van der Waals surface area contributed by atoms with Crippen molar-refractivity contribution in [3.63, 3.8) is 0 Å². The Labute approximate surface area is 111 Å². The van der Waals surface area contributed by atoms with Crippen molar-refractivity contribution in [1.82, 2.24) is 5.32 Å². The monoisotopic (exact) mass is 253 g/mol. The molecular weight excluding hydrogens is 226 g/mol. The summed E-state index contributed by atoms with van der Waals surface area (Å²) >= 11 is 0. The van der Waals surface area contributed by atoms with Gasteiger partial charge in [0.05, 0.1) is 0 Å². The predicted molar refractivity (Wildman–Crippen MR) is 72.3 cm³/mol. The molecule has 3 heteroatoms. The van der Waals surface area contributed by atoms with Crippen molar-refractivity contribution in [2.75, 3.05) is 6.54 Å². The number of esters is 1. The molecule has 0 bridgehead atoms. The molecule has 2 rings (SSSR count). The molecular formula is C15H27NO2. The van der Waals surface area contributed by atoms with Gasteiger partial charge in [0, 0.05) is 0 Å². The van der Waals surface area contributed by atoms with Gasteiger partial charge in [-0.15, -0.1) is 0 Å². The zero-order valence-electron chi connectivity index (χ0n) is 12.0. The van der Waals surface area contributed by atoms with Crippen molar-refractivity contribution in [2.45, 2.75) is 70.9 Å². The molecule has 1 saturated carbocycles. The molecule has 0 aromatic carbocycles. The van der Waals surface area contributed by atoms with Crippen molar-refractivity contribution < 1.29 is 9.53 Å². The Balaban J connectivity index is 1.90. The first kappa shape index (κ1) is 13.9. The van der Waals surface area contributed by atoms with E-state index in [-0.39, 0.29) is 12.1 Å². The third kappa shape index (κ3) is 3.25. The summed E-state index contributed by atoms with van der Waals surface area (Å²) < 4.78 is 5.77. The van der Waals surface area contributed by atoms with Crippen molar-refractivity contribution in [2.24, 2.45) is 11.8 Å². The van der Waals surface area contributed by atoms with Gasteiger partial charge in [-0.3, -0.25) is 4.79 Å². The second-order valence-corrected chi connectivity index (χ2v) is 6.66. The Hall–Kier alpha value is -0.570. The lowest BCUT2D eigenvalue weighted by atomic mass is 9.81. The van der Waals surface area contributed by atoms with Crippen LogP contribution >= 0.6 is 0 Å². The van der Waals surface area contributed by atoms with Gasteiger partial charge < -0.3 is 10.1 Å². The Morgan fingerprint density at radius 2 is 1.83 bits per heavy atom. The number of hydrogen-bond acceptors (Lipinski definition) is 3. The van der Waals surface area contributed by atoms with Crippen molar-refractivity contribution >= 4 is 5.97 Å². The maximum absolute atomic E-state index is 12.3. The first-order chi connectivity index (χ1) is 8.49. The molecule has 0 radical (unpaired) electrons.